The maximum Gasteiger partial charge on any atom is 0.146 e. The van der Waals surface area contributed by atoms with Crippen LogP contribution in [0.15, 0.2) is 18.2 Å². The van der Waals surface area contributed by atoms with E-state index in [1.54, 1.807) is 14.2 Å². The average molecular weight is 233 g/mol. The second kappa shape index (κ2) is 3.99. The summed E-state index contributed by atoms with van der Waals surface area (Å²) in [6, 6.07) is 3.94. The number of rotatable bonds is 2. The van der Waals surface area contributed by atoms with E-state index in [0.717, 1.165) is 22.7 Å². The van der Waals surface area contributed by atoms with Gasteiger partial charge >= 0.3 is 0 Å². The molecule has 0 atom stereocenters. The van der Waals surface area contributed by atoms with Gasteiger partial charge in [0, 0.05) is 11.6 Å². The number of benzene rings is 1. The summed E-state index contributed by atoms with van der Waals surface area (Å²) in [6.45, 7) is 6.40. The van der Waals surface area contributed by atoms with Crippen molar-refractivity contribution in [3.63, 3.8) is 0 Å². The van der Waals surface area contributed by atoms with Crippen molar-refractivity contribution < 1.29 is 9.47 Å². The lowest BCUT2D eigenvalue weighted by Crippen LogP contribution is -2.31. The van der Waals surface area contributed by atoms with Gasteiger partial charge in [-0.05, 0) is 32.4 Å². The molecule has 3 heteroatoms. The van der Waals surface area contributed by atoms with Crippen LogP contribution in [0.1, 0.15) is 26.3 Å². The minimum atomic E-state index is -0.0566. The van der Waals surface area contributed by atoms with Crippen molar-refractivity contribution in [2.75, 3.05) is 19.5 Å². The normalized spacial score (nSPS) is 16.6. The average Bonchev–Trinajstić information content (AvgIpc) is 2.26. The van der Waals surface area contributed by atoms with Gasteiger partial charge in [-0.25, -0.2) is 0 Å². The second-order valence-electron chi connectivity index (χ2n) is 4.93. The number of nitrogens with one attached hydrogen (secondary N) is 1. The van der Waals surface area contributed by atoms with E-state index in [-0.39, 0.29) is 5.54 Å². The minimum absolute atomic E-state index is 0.0566. The van der Waals surface area contributed by atoms with Crippen molar-refractivity contribution in [2.24, 2.45) is 0 Å². The van der Waals surface area contributed by atoms with Crippen molar-refractivity contribution in [3.05, 3.63) is 23.8 Å². The molecule has 0 saturated heterocycles. The van der Waals surface area contributed by atoms with Gasteiger partial charge in [-0.1, -0.05) is 6.08 Å². The van der Waals surface area contributed by atoms with Gasteiger partial charge in [-0.2, -0.15) is 0 Å². The number of methoxy groups -OCH3 is 2. The molecular formula is C14H19NO2. The van der Waals surface area contributed by atoms with Crippen LogP contribution in [-0.4, -0.2) is 19.8 Å². The van der Waals surface area contributed by atoms with E-state index in [1.807, 2.05) is 12.1 Å². The first kappa shape index (κ1) is 11.8. The number of anilines is 1. The highest BCUT2D eigenvalue weighted by Gasteiger charge is 2.25. The van der Waals surface area contributed by atoms with Crippen molar-refractivity contribution in [2.45, 2.75) is 26.3 Å². The van der Waals surface area contributed by atoms with Crippen molar-refractivity contribution in [3.8, 4) is 11.5 Å². The van der Waals surface area contributed by atoms with Crippen LogP contribution in [0.2, 0.25) is 0 Å². The molecular weight excluding hydrogens is 214 g/mol. The lowest BCUT2D eigenvalue weighted by Gasteiger charge is -2.32. The molecule has 0 spiro atoms. The Kier molecular flexibility index (Phi) is 2.77. The Balaban J connectivity index is 2.62. The Morgan fingerprint density at radius 3 is 2.41 bits per heavy atom. The molecule has 1 heterocycles. The highest BCUT2D eigenvalue weighted by atomic mass is 16.5. The molecule has 0 radical (unpaired) electrons. The van der Waals surface area contributed by atoms with E-state index in [9.17, 15) is 0 Å². The monoisotopic (exact) mass is 233 g/mol. The predicted octanol–water partition coefficient (Wildman–Crippen LogP) is 3.31. The summed E-state index contributed by atoms with van der Waals surface area (Å²) in [6.07, 6.45) is 2.22. The third-order valence-electron chi connectivity index (χ3n) is 2.98. The largest absolute Gasteiger partial charge is 0.497 e. The molecule has 17 heavy (non-hydrogen) atoms. The molecule has 0 aromatic heterocycles. The van der Waals surface area contributed by atoms with Crippen LogP contribution in [0.5, 0.6) is 11.5 Å². The summed E-state index contributed by atoms with van der Waals surface area (Å²) in [4.78, 5) is 0. The lowest BCUT2D eigenvalue weighted by atomic mass is 9.91. The summed E-state index contributed by atoms with van der Waals surface area (Å²) in [7, 11) is 3.35. The quantitative estimate of drug-likeness (QED) is 0.850. The molecule has 0 amide bonds. The van der Waals surface area contributed by atoms with E-state index in [0.29, 0.717) is 0 Å². The fourth-order valence-electron chi connectivity index (χ4n) is 2.29. The van der Waals surface area contributed by atoms with E-state index in [2.05, 4.69) is 32.2 Å². The molecule has 2 rings (SSSR count). The van der Waals surface area contributed by atoms with Crippen molar-refractivity contribution in [1.29, 1.82) is 0 Å². The van der Waals surface area contributed by atoms with Gasteiger partial charge in [0.25, 0.3) is 0 Å². The molecule has 1 aliphatic rings. The topological polar surface area (TPSA) is 30.5 Å². The Bertz CT molecular complexity index is 475. The van der Waals surface area contributed by atoms with Gasteiger partial charge < -0.3 is 14.8 Å². The molecule has 1 aromatic rings. The number of allylic oxidation sites excluding steroid dienone is 1. The maximum absolute atomic E-state index is 5.43. The summed E-state index contributed by atoms with van der Waals surface area (Å²) in [5.74, 6) is 1.63. The van der Waals surface area contributed by atoms with Crippen LogP contribution < -0.4 is 14.8 Å². The SMILES string of the molecule is COc1cc(OC)c2c(c1)C(C)=CC(C)(C)N2. The van der Waals surface area contributed by atoms with Crippen LogP contribution in [0.4, 0.5) is 5.69 Å². The summed E-state index contributed by atoms with van der Waals surface area (Å²) >= 11 is 0. The standard InChI is InChI=1S/C14H19NO2/c1-9-8-14(2,3)15-13-11(9)6-10(16-4)7-12(13)17-5/h6-8,15H,1-5H3. The van der Waals surface area contributed by atoms with Crippen LogP contribution in [-0.2, 0) is 0 Å². The zero-order valence-corrected chi connectivity index (χ0v) is 11.0. The molecule has 1 N–H and O–H groups in total. The highest BCUT2D eigenvalue weighted by Crippen LogP contribution is 2.42. The van der Waals surface area contributed by atoms with E-state index >= 15 is 0 Å². The van der Waals surface area contributed by atoms with Gasteiger partial charge in [0.1, 0.15) is 11.5 Å². The number of hydrogen-bond acceptors (Lipinski definition) is 3. The number of ether oxygens (including phenoxy) is 2. The fourth-order valence-corrected chi connectivity index (χ4v) is 2.29. The molecule has 0 bridgehead atoms. The molecule has 92 valence electrons. The smallest absolute Gasteiger partial charge is 0.146 e. The summed E-state index contributed by atoms with van der Waals surface area (Å²) in [5, 5.41) is 3.48. The lowest BCUT2D eigenvalue weighted by molar-refractivity contribution is 0.394. The third-order valence-corrected chi connectivity index (χ3v) is 2.98. The summed E-state index contributed by atoms with van der Waals surface area (Å²) in [5.41, 5.74) is 3.36. The first-order valence-electron chi connectivity index (χ1n) is 5.71. The van der Waals surface area contributed by atoms with E-state index < -0.39 is 0 Å². The Hall–Kier alpha value is -1.64. The Labute approximate surface area is 102 Å². The van der Waals surface area contributed by atoms with E-state index in [4.69, 9.17) is 9.47 Å². The highest BCUT2D eigenvalue weighted by molar-refractivity contribution is 5.84. The van der Waals surface area contributed by atoms with Gasteiger partial charge in [-0.15, -0.1) is 0 Å². The molecule has 0 saturated carbocycles. The number of hydrogen-bond donors (Lipinski definition) is 1. The van der Waals surface area contributed by atoms with Crippen LogP contribution >= 0.6 is 0 Å². The molecule has 0 unspecified atom stereocenters. The van der Waals surface area contributed by atoms with E-state index in [1.165, 1.54) is 5.57 Å². The van der Waals surface area contributed by atoms with Gasteiger partial charge in [0.15, 0.2) is 0 Å². The Morgan fingerprint density at radius 2 is 1.82 bits per heavy atom. The van der Waals surface area contributed by atoms with Crippen LogP contribution in [0.3, 0.4) is 0 Å². The van der Waals surface area contributed by atoms with Crippen LogP contribution in [0.25, 0.3) is 5.57 Å². The first-order chi connectivity index (χ1) is 7.96. The predicted molar refractivity (Wildman–Crippen MR) is 70.9 cm³/mol. The van der Waals surface area contributed by atoms with Gasteiger partial charge in [0.2, 0.25) is 0 Å². The Morgan fingerprint density at radius 1 is 1.12 bits per heavy atom. The second-order valence-corrected chi connectivity index (χ2v) is 4.93. The fraction of sp³-hybridized carbons (Fsp3) is 0.429. The molecule has 0 fully saturated rings. The molecule has 1 aliphatic heterocycles. The molecule has 1 aromatic carbocycles. The first-order valence-corrected chi connectivity index (χ1v) is 5.71. The molecule has 0 aliphatic carbocycles. The zero-order chi connectivity index (χ0) is 12.6. The third kappa shape index (κ3) is 2.09. The minimum Gasteiger partial charge on any atom is -0.497 e. The van der Waals surface area contributed by atoms with Gasteiger partial charge in [-0.3, -0.25) is 0 Å². The molecule has 3 nitrogen and oxygen atoms in total. The summed E-state index contributed by atoms with van der Waals surface area (Å²) < 4.78 is 10.7. The number of fused-ring (bicyclic) bond motifs is 1. The van der Waals surface area contributed by atoms with Crippen molar-refractivity contribution >= 4 is 11.3 Å². The van der Waals surface area contributed by atoms with Gasteiger partial charge in [0.05, 0.1) is 25.4 Å². The van der Waals surface area contributed by atoms with Crippen molar-refractivity contribution in [1.82, 2.24) is 0 Å². The van der Waals surface area contributed by atoms with Crippen LogP contribution in [0, 0.1) is 0 Å². The zero-order valence-electron chi connectivity index (χ0n) is 11.0. The maximum atomic E-state index is 5.43.